The fourth-order valence-electron chi connectivity index (χ4n) is 7.20. The van der Waals surface area contributed by atoms with Gasteiger partial charge in [-0.3, -0.25) is 0 Å². The van der Waals surface area contributed by atoms with Crippen LogP contribution in [0, 0.1) is 34.5 Å². The summed E-state index contributed by atoms with van der Waals surface area (Å²) in [6.45, 7) is 9.46. The van der Waals surface area contributed by atoms with Crippen LogP contribution in [0.3, 0.4) is 0 Å². The van der Waals surface area contributed by atoms with E-state index in [1.807, 2.05) is 0 Å². The Bertz CT molecular complexity index is 455. The van der Waals surface area contributed by atoms with E-state index < -0.39 is 0 Å². The maximum Gasteiger partial charge on any atom is 0.0543 e. The van der Waals surface area contributed by atoms with E-state index in [-0.39, 0.29) is 6.10 Å². The molecule has 0 spiro atoms. The highest BCUT2D eigenvalue weighted by atomic mass is 16.3. The molecule has 4 saturated carbocycles. The third-order valence-corrected chi connectivity index (χ3v) is 8.32. The van der Waals surface area contributed by atoms with E-state index in [0.717, 1.165) is 36.5 Å². The molecule has 0 bridgehead atoms. The number of aliphatic hydroxyl groups excluding tert-OH is 1. The summed E-state index contributed by atoms with van der Waals surface area (Å²) in [4.78, 5) is 0. The van der Waals surface area contributed by atoms with Crippen LogP contribution in [0.15, 0.2) is 12.2 Å². The van der Waals surface area contributed by atoms with Crippen LogP contribution in [-0.4, -0.2) is 11.2 Å². The van der Waals surface area contributed by atoms with Crippen molar-refractivity contribution in [2.45, 2.75) is 77.7 Å². The zero-order valence-electron chi connectivity index (χ0n) is 13.9. The lowest BCUT2D eigenvalue weighted by molar-refractivity contribution is -0.120. The number of hydrogen-bond acceptors (Lipinski definition) is 1. The second-order valence-corrected chi connectivity index (χ2v) is 9.41. The van der Waals surface area contributed by atoms with Crippen LogP contribution in [0.4, 0.5) is 0 Å². The highest BCUT2D eigenvalue weighted by molar-refractivity contribution is 5.16. The number of rotatable bonds is 0. The van der Waals surface area contributed by atoms with E-state index in [2.05, 4.69) is 20.4 Å². The molecule has 4 aliphatic carbocycles. The van der Waals surface area contributed by atoms with Crippen molar-refractivity contribution in [2.75, 3.05) is 0 Å². The normalized spacial score (nSPS) is 56.5. The van der Waals surface area contributed by atoms with Crippen LogP contribution in [-0.2, 0) is 0 Å². The summed E-state index contributed by atoms with van der Waals surface area (Å²) in [5.74, 6) is 3.57. The molecule has 1 N–H and O–H groups in total. The van der Waals surface area contributed by atoms with Crippen LogP contribution in [0.25, 0.3) is 0 Å². The van der Waals surface area contributed by atoms with Crippen molar-refractivity contribution in [1.29, 1.82) is 0 Å². The van der Waals surface area contributed by atoms with E-state index in [0.29, 0.717) is 10.8 Å². The average molecular weight is 288 g/mol. The Balaban J connectivity index is 1.63. The fourth-order valence-corrected chi connectivity index (χ4v) is 7.20. The van der Waals surface area contributed by atoms with E-state index in [1.54, 1.807) is 0 Å². The standard InChI is InChI=1S/C20H32O/c1-13-10-18-16-5-4-14-11-15(21)6-9-20(14,3)17(16)7-8-19(18,2)12-13/h14-18,21H,1,4-12H2,2-3H3/t14-,15+,16+,17-,18-,19+,20-/m1/s1. The highest BCUT2D eigenvalue weighted by Crippen LogP contribution is 2.66. The van der Waals surface area contributed by atoms with Crippen molar-refractivity contribution < 1.29 is 5.11 Å². The first kappa shape index (κ1) is 14.3. The van der Waals surface area contributed by atoms with Crippen LogP contribution in [0.1, 0.15) is 71.6 Å². The predicted molar refractivity (Wildman–Crippen MR) is 86.9 cm³/mol. The fraction of sp³-hybridized carbons (Fsp3) is 0.900. The van der Waals surface area contributed by atoms with Gasteiger partial charge in [0.05, 0.1) is 6.10 Å². The summed E-state index contributed by atoms with van der Waals surface area (Å²) in [6.07, 6.45) is 11.6. The molecule has 0 radical (unpaired) electrons. The van der Waals surface area contributed by atoms with Crippen molar-refractivity contribution in [1.82, 2.24) is 0 Å². The molecule has 0 aromatic carbocycles. The SMILES string of the molecule is C=C1C[C@@H]2[C@H]3CC[C@@H]4C[C@@H](O)CC[C@@]4(C)[C@@H]3CC[C@@]2(C)C1. The molecule has 0 amide bonds. The molecule has 7 atom stereocenters. The molecule has 4 fully saturated rings. The second-order valence-electron chi connectivity index (χ2n) is 9.41. The summed E-state index contributed by atoms with van der Waals surface area (Å²) in [7, 11) is 0. The molecule has 21 heavy (non-hydrogen) atoms. The molecular weight excluding hydrogens is 256 g/mol. The molecule has 4 rings (SSSR count). The van der Waals surface area contributed by atoms with Gasteiger partial charge in [0.15, 0.2) is 0 Å². The second kappa shape index (κ2) is 4.60. The summed E-state index contributed by atoms with van der Waals surface area (Å²) in [6, 6.07) is 0. The van der Waals surface area contributed by atoms with Crippen molar-refractivity contribution in [3.8, 4) is 0 Å². The first-order valence-corrected chi connectivity index (χ1v) is 9.27. The third-order valence-electron chi connectivity index (χ3n) is 8.32. The van der Waals surface area contributed by atoms with Crippen molar-refractivity contribution >= 4 is 0 Å². The Labute approximate surface area is 130 Å². The zero-order valence-corrected chi connectivity index (χ0v) is 13.9. The minimum Gasteiger partial charge on any atom is -0.393 e. The van der Waals surface area contributed by atoms with Crippen molar-refractivity contribution in [3.63, 3.8) is 0 Å². The Morgan fingerprint density at radius 1 is 1.05 bits per heavy atom. The van der Waals surface area contributed by atoms with Gasteiger partial charge in [0, 0.05) is 0 Å². The quantitative estimate of drug-likeness (QED) is 0.626. The van der Waals surface area contributed by atoms with Crippen LogP contribution in [0.2, 0.25) is 0 Å². The largest absolute Gasteiger partial charge is 0.393 e. The van der Waals surface area contributed by atoms with Crippen molar-refractivity contribution in [2.24, 2.45) is 34.5 Å². The van der Waals surface area contributed by atoms with Gasteiger partial charge in [-0.05, 0) is 92.3 Å². The molecule has 0 aromatic rings. The third kappa shape index (κ3) is 1.99. The number of fused-ring (bicyclic) bond motifs is 5. The molecule has 0 aliphatic heterocycles. The summed E-state index contributed by atoms with van der Waals surface area (Å²) < 4.78 is 0. The maximum absolute atomic E-state index is 10.1. The Kier molecular flexibility index (Phi) is 3.13. The Hall–Kier alpha value is -0.300. The predicted octanol–water partition coefficient (Wildman–Crippen LogP) is 4.95. The molecule has 1 nitrogen and oxygen atoms in total. The van der Waals surface area contributed by atoms with Crippen LogP contribution in [0.5, 0.6) is 0 Å². The van der Waals surface area contributed by atoms with Crippen LogP contribution >= 0.6 is 0 Å². The van der Waals surface area contributed by atoms with Gasteiger partial charge in [-0.25, -0.2) is 0 Å². The van der Waals surface area contributed by atoms with Gasteiger partial charge in [0.1, 0.15) is 0 Å². The minimum absolute atomic E-state index is 0.0141. The first-order chi connectivity index (χ1) is 9.92. The molecular formula is C20H32O. The van der Waals surface area contributed by atoms with Gasteiger partial charge in [0.2, 0.25) is 0 Å². The molecule has 0 saturated heterocycles. The summed E-state index contributed by atoms with van der Waals surface area (Å²) in [5.41, 5.74) is 2.61. The van der Waals surface area contributed by atoms with Gasteiger partial charge >= 0.3 is 0 Å². The van der Waals surface area contributed by atoms with Gasteiger partial charge in [-0.2, -0.15) is 0 Å². The van der Waals surface area contributed by atoms with Gasteiger partial charge in [0.25, 0.3) is 0 Å². The molecule has 0 aromatic heterocycles. The summed E-state index contributed by atoms with van der Waals surface area (Å²) >= 11 is 0. The Morgan fingerprint density at radius 2 is 1.86 bits per heavy atom. The molecule has 0 heterocycles. The van der Waals surface area contributed by atoms with E-state index in [4.69, 9.17) is 0 Å². The highest BCUT2D eigenvalue weighted by Gasteiger charge is 2.58. The van der Waals surface area contributed by atoms with Crippen LogP contribution < -0.4 is 0 Å². The Morgan fingerprint density at radius 3 is 2.67 bits per heavy atom. The van der Waals surface area contributed by atoms with Gasteiger partial charge in [-0.1, -0.05) is 26.0 Å². The lowest BCUT2D eigenvalue weighted by atomic mass is 9.45. The topological polar surface area (TPSA) is 20.2 Å². The number of allylic oxidation sites excluding steroid dienone is 1. The molecule has 4 aliphatic rings. The van der Waals surface area contributed by atoms with E-state index in [1.165, 1.54) is 50.5 Å². The smallest absolute Gasteiger partial charge is 0.0543 e. The lowest BCUT2D eigenvalue weighted by Crippen LogP contribution is -2.53. The van der Waals surface area contributed by atoms with Crippen molar-refractivity contribution in [3.05, 3.63) is 12.2 Å². The molecule has 0 unspecified atom stereocenters. The van der Waals surface area contributed by atoms with Gasteiger partial charge < -0.3 is 5.11 Å². The summed E-state index contributed by atoms with van der Waals surface area (Å²) in [5, 5.41) is 10.1. The van der Waals surface area contributed by atoms with E-state index >= 15 is 0 Å². The minimum atomic E-state index is -0.0141. The average Bonchev–Trinajstić information content (AvgIpc) is 2.74. The molecule has 1 heteroatoms. The lowest BCUT2D eigenvalue weighted by Gasteiger charge is -2.60. The first-order valence-electron chi connectivity index (χ1n) is 9.27. The maximum atomic E-state index is 10.1. The number of aliphatic hydroxyl groups is 1. The van der Waals surface area contributed by atoms with E-state index in [9.17, 15) is 5.11 Å². The monoisotopic (exact) mass is 288 g/mol. The van der Waals surface area contributed by atoms with Gasteiger partial charge in [-0.15, -0.1) is 0 Å². The molecule has 118 valence electrons. The zero-order chi connectivity index (χ0) is 14.8. The number of hydrogen-bond donors (Lipinski definition) is 1.